The average Bonchev–Trinajstić information content (AvgIpc) is 3.33. The van der Waals surface area contributed by atoms with Crippen molar-refractivity contribution in [2.75, 3.05) is 5.32 Å². The molecule has 26 heavy (non-hydrogen) atoms. The molecule has 0 bridgehead atoms. The first kappa shape index (κ1) is 16.5. The fourth-order valence-corrected chi connectivity index (χ4v) is 3.43. The van der Waals surface area contributed by atoms with E-state index in [0.29, 0.717) is 6.54 Å². The monoisotopic (exact) mass is 364 g/mol. The molecular weight excluding hydrogens is 347 g/mol. The Kier molecular flexibility index (Phi) is 4.75. The van der Waals surface area contributed by atoms with Crippen molar-refractivity contribution in [1.29, 1.82) is 0 Å². The molecule has 4 nitrogen and oxygen atoms in total. The number of nitrogens with zero attached hydrogens (tertiary/aromatic N) is 3. The van der Waals surface area contributed by atoms with Gasteiger partial charge in [0.1, 0.15) is 5.82 Å². The Morgan fingerprint density at radius 1 is 1.08 bits per heavy atom. The molecule has 130 valence electrons. The minimum atomic E-state index is -0.238. The van der Waals surface area contributed by atoms with Gasteiger partial charge in [-0.15, -0.1) is 11.3 Å². The number of hydrogen-bond donors (Lipinski definition) is 1. The van der Waals surface area contributed by atoms with E-state index in [1.54, 1.807) is 29.7 Å². The molecule has 0 aliphatic heterocycles. The number of thiazole rings is 1. The molecular formula is C20H17FN4S. The molecule has 0 aliphatic rings. The number of aromatic nitrogens is 3. The highest BCUT2D eigenvalue weighted by molar-refractivity contribution is 7.14. The van der Waals surface area contributed by atoms with Crippen LogP contribution in [0.25, 0.3) is 11.3 Å². The fraction of sp³-hybridized carbons (Fsp3) is 0.100. The molecule has 2 aromatic carbocycles. The number of nitrogens with one attached hydrogen (secondary N) is 1. The minimum absolute atomic E-state index is 0.238. The number of halogens is 1. The summed E-state index contributed by atoms with van der Waals surface area (Å²) in [5.74, 6) is -0.238. The quantitative estimate of drug-likeness (QED) is 0.534. The Labute approximate surface area is 155 Å². The van der Waals surface area contributed by atoms with Crippen LogP contribution in [-0.2, 0) is 13.1 Å². The van der Waals surface area contributed by atoms with Crippen LogP contribution in [0.2, 0.25) is 0 Å². The summed E-state index contributed by atoms with van der Waals surface area (Å²) in [5.41, 5.74) is 4.19. The lowest BCUT2D eigenvalue weighted by molar-refractivity contribution is 0.628. The van der Waals surface area contributed by atoms with E-state index < -0.39 is 0 Å². The summed E-state index contributed by atoms with van der Waals surface area (Å²) in [6.07, 6.45) is 5.56. The van der Waals surface area contributed by atoms with Gasteiger partial charge in [-0.2, -0.15) is 0 Å². The number of imidazole rings is 1. The largest absolute Gasteiger partial charge is 0.357 e. The van der Waals surface area contributed by atoms with Crippen LogP contribution < -0.4 is 5.32 Å². The van der Waals surface area contributed by atoms with E-state index in [9.17, 15) is 4.39 Å². The molecule has 4 aromatic rings. The van der Waals surface area contributed by atoms with E-state index in [0.717, 1.165) is 22.9 Å². The van der Waals surface area contributed by atoms with E-state index in [2.05, 4.69) is 39.6 Å². The fourth-order valence-electron chi connectivity index (χ4n) is 2.71. The van der Waals surface area contributed by atoms with Crippen molar-refractivity contribution in [2.24, 2.45) is 0 Å². The number of hydrogen-bond acceptors (Lipinski definition) is 4. The number of anilines is 1. The third kappa shape index (κ3) is 3.97. The molecule has 0 saturated carbocycles. The van der Waals surface area contributed by atoms with Crippen molar-refractivity contribution in [3.8, 4) is 11.3 Å². The second kappa shape index (κ2) is 7.49. The Balaban J connectivity index is 1.40. The molecule has 0 unspecified atom stereocenters. The van der Waals surface area contributed by atoms with Gasteiger partial charge >= 0.3 is 0 Å². The molecule has 0 aliphatic carbocycles. The van der Waals surface area contributed by atoms with Crippen molar-refractivity contribution >= 4 is 16.5 Å². The van der Waals surface area contributed by atoms with Gasteiger partial charge in [0.05, 0.1) is 12.0 Å². The summed E-state index contributed by atoms with van der Waals surface area (Å²) in [5, 5.41) is 6.19. The normalized spacial score (nSPS) is 10.8. The Hall–Kier alpha value is -2.99. The van der Waals surface area contributed by atoms with Gasteiger partial charge < -0.3 is 9.88 Å². The topological polar surface area (TPSA) is 42.7 Å². The van der Waals surface area contributed by atoms with Crippen molar-refractivity contribution in [3.63, 3.8) is 0 Å². The van der Waals surface area contributed by atoms with E-state index in [4.69, 9.17) is 0 Å². The average molecular weight is 364 g/mol. The van der Waals surface area contributed by atoms with Crippen LogP contribution >= 0.6 is 11.3 Å². The Morgan fingerprint density at radius 3 is 2.73 bits per heavy atom. The summed E-state index contributed by atoms with van der Waals surface area (Å²) in [7, 11) is 0. The zero-order chi connectivity index (χ0) is 17.8. The standard InChI is InChI=1S/C20H17FN4S/c21-18-6-4-17(5-7-18)19-13-26-20(24-19)23-11-15-2-1-3-16(10-15)12-25-9-8-22-14-25/h1-10,13-14H,11-12H2,(H,23,24). The van der Waals surface area contributed by atoms with Crippen LogP contribution in [0.5, 0.6) is 0 Å². The first-order valence-electron chi connectivity index (χ1n) is 8.25. The summed E-state index contributed by atoms with van der Waals surface area (Å²) in [6.45, 7) is 1.51. The maximum atomic E-state index is 13.0. The molecule has 0 radical (unpaired) electrons. The highest BCUT2D eigenvalue weighted by Gasteiger charge is 2.05. The lowest BCUT2D eigenvalue weighted by atomic mass is 10.1. The molecule has 6 heteroatoms. The minimum Gasteiger partial charge on any atom is -0.357 e. The lowest BCUT2D eigenvalue weighted by Gasteiger charge is -2.07. The summed E-state index contributed by atoms with van der Waals surface area (Å²) < 4.78 is 15.1. The van der Waals surface area contributed by atoms with Gasteiger partial charge in [0.25, 0.3) is 0 Å². The second-order valence-corrected chi connectivity index (χ2v) is 6.81. The molecule has 0 spiro atoms. The summed E-state index contributed by atoms with van der Waals surface area (Å²) in [6, 6.07) is 14.8. The van der Waals surface area contributed by atoms with Gasteiger partial charge in [-0.05, 0) is 35.4 Å². The predicted molar refractivity (Wildman–Crippen MR) is 103 cm³/mol. The van der Waals surface area contributed by atoms with Gasteiger partial charge in [-0.1, -0.05) is 24.3 Å². The van der Waals surface area contributed by atoms with Crippen molar-refractivity contribution in [1.82, 2.24) is 14.5 Å². The van der Waals surface area contributed by atoms with Crippen molar-refractivity contribution < 1.29 is 4.39 Å². The van der Waals surface area contributed by atoms with E-state index in [1.807, 2.05) is 22.5 Å². The predicted octanol–water partition coefficient (Wildman–Crippen LogP) is 4.81. The molecule has 0 atom stereocenters. The smallest absolute Gasteiger partial charge is 0.183 e. The number of benzene rings is 2. The molecule has 2 aromatic heterocycles. The third-order valence-electron chi connectivity index (χ3n) is 4.00. The highest BCUT2D eigenvalue weighted by Crippen LogP contribution is 2.25. The lowest BCUT2D eigenvalue weighted by Crippen LogP contribution is -2.01. The van der Waals surface area contributed by atoms with Crippen LogP contribution in [0.4, 0.5) is 9.52 Å². The molecule has 0 saturated heterocycles. The van der Waals surface area contributed by atoms with Crippen molar-refractivity contribution in [2.45, 2.75) is 13.1 Å². The SMILES string of the molecule is Fc1ccc(-c2csc(NCc3cccc(Cn4ccnc4)c3)n2)cc1. The van der Waals surface area contributed by atoms with Crippen LogP contribution in [0.3, 0.4) is 0 Å². The number of rotatable bonds is 6. The molecule has 2 heterocycles. The third-order valence-corrected chi connectivity index (χ3v) is 4.80. The van der Waals surface area contributed by atoms with Gasteiger partial charge in [0, 0.05) is 36.4 Å². The first-order valence-corrected chi connectivity index (χ1v) is 9.13. The molecule has 0 amide bonds. The van der Waals surface area contributed by atoms with Crippen LogP contribution in [0, 0.1) is 5.82 Å². The maximum absolute atomic E-state index is 13.0. The summed E-state index contributed by atoms with van der Waals surface area (Å²) >= 11 is 1.55. The first-order chi connectivity index (χ1) is 12.8. The molecule has 0 fully saturated rings. The van der Waals surface area contributed by atoms with Gasteiger partial charge in [-0.3, -0.25) is 0 Å². The van der Waals surface area contributed by atoms with Gasteiger partial charge in [-0.25, -0.2) is 14.4 Å². The van der Waals surface area contributed by atoms with Crippen LogP contribution in [0.1, 0.15) is 11.1 Å². The molecule has 1 N–H and O–H groups in total. The Bertz CT molecular complexity index is 977. The highest BCUT2D eigenvalue weighted by atomic mass is 32.1. The van der Waals surface area contributed by atoms with E-state index in [-0.39, 0.29) is 5.82 Å². The Morgan fingerprint density at radius 2 is 1.92 bits per heavy atom. The second-order valence-electron chi connectivity index (χ2n) is 5.95. The van der Waals surface area contributed by atoms with Crippen molar-refractivity contribution in [3.05, 3.63) is 89.6 Å². The zero-order valence-corrected chi connectivity index (χ0v) is 14.8. The van der Waals surface area contributed by atoms with E-state index in [1.165, 1.54) is 23.3 Å². The van der Waals surface area contributed by atoms with Crippen LogP contribution in [-0.4, -0.2) is 14.5 Å². The van der Waals surface area contributed by atoms with Crippen LogP contribution in [0.15, 0.2) is 72.6 Å². The molecule has 4 rings (SSSR count). The van der Waals surface area contributed by atoms with Gasteiger partial charge in [0.15, 0.2) is 5.13 Å². The van der Waals surface area contributed by atoms with E-state index >= 15 is 0 Å². The summed E-state index contributed by atoms with van der Waals surface area (Å²) in [4.78, 5) is 8.65. The zero-order valence-electron chi connectivity index (χ0n) is 14.0. The maximum Gasteiger partial charge on any atom is 0.183 e. The van der Waals surface area contributed by atoms with Gasteiger partial charge in [0.2, 0.25) is 0 Å².